The van der Waals surface area contributed by atoms with Crippen molar-refractivity contribution in [3.8, 4) is 11.3 Å². The zero-order valence-corrected chi connectivity index (χ0v) is 12.7. The van der Waals surface area contributed by atoms with Gasteiger partial charge in [0.1, 0.15) is 5.56 Å². The van der Waals surface area contributed by atoms with Crippen LogP contribution in [0.15, 0.2) is 65.7 Å². The third-order valence-corrected chi connectivity index (χ3v) is 3.46. The summed E-state index contributed by atoms with van der Waals surface area (Å²) in [6.45, 7) is 0. The van der Waals surface area contributed by atoms with Crippen molar-refractivity contribution in [2.45, 2.75) is 0 Å². The Bertz CT molecular complexity index is 904. The molecular weight excluding hydrogens is 314 g/mol. The van der Waals surface area contributed by atoms with Gasteiger partial charge >= 0.3 is 0 Å². The molecule has 6 heteroatoms. The van der Waals surface area contributed by atoms with Gasteiger partial charge in [0.05, 0.1) is 16.4 Å². The van der Waals surface area contributed by atoms with E-state index in [4.69, 9.17) is 11.6 Å². The summed E-state index contributed by atoms with van der Waals surface area (Å²) < 4.78 is 0. The highest BCUT2D eigenvalue weighted by atomic mass is 35.5. The van der Waals surface area contributed by atoms with Crippen LogP contribution in [0.4, 0.5) is 5.69 Å². The lowest BCUT2D eigenvalue weighted by atomic mass is 10.1. The van der Waals surface area contributed by atoms with Gasteiger partial charge in [-0.2, -0.15) is 0 Å². The number of rotatable bonds is 3. The van der Waals surface area contributed by atoms with Crippen LogP contribution in [0.1, 0.15) is 10.4 Å². The molecule has 114 valence electrons. The quantitative estimate of drug-likeness (QED) is 0.775. The summed E-state index contributed by atoms with van der Waals surface area (Å²) in [6, 6.07) is 13.8. The molecule has 0 saturated carbocycles. The molecule has 3 rings (SSSR count). The summed E-state index contributed by atoms with van der Waals surface area (Å²) in [5.74, 6) is -0.478. The maximum Gasteiger partial charge on any atom is 0.261 e. The van der Waals surface area contributed by atoms with Crippen molar-refractivity contribution >= 4 is 23.2 Å². The number of nitrogens with zero attached hydrogens (tertiary/aromatic N) is 1. The fraction of sp³-hybridized carbons (Fsp3) is 0. The number of anilines is 1. The number of pyridine rings is 2. The minimum atomic E-state index is -0.478. The molecule has 1 aromatic carbocycles. The monoisotopic (exact) mass is 325 g/mol. The molecule has 0 spiro atoms. The molecule has 3 aromatic rings. The maximum absolute atomic E-state index is 12.3. The Balaban J connectivity index is 1.95. The van der Waals surface area contributed by atoms with E-state index in [0.29, 0.717) is 16.4 Å². The zero-order chi connectivity index (χ0) is 16.2. The maximum atomic E-state index is 12.3. The van der Waals surface area contributed by atoms with Crippen LogP contribution in [0.3, 0.4) is 0 Å². The zero-order valence-electron chi connectivity index (χ0n) is 11.9. The Morgan fingerprint density at radius 1 is 1.09 bits per heavy atom. The standard InChI is InChI=1S/C17H12ClN3O2/c18-11-7-8-14(20-10-11)12-4-1-2-6-15(12)21-17(23)13-5-3-9-19-16(13)22/h1-10H,(H,19,22)(H,21,23). The number of carbonyl (C=O) groups is 1. The Morgan fingerprint density at radius 2 is 1.91 bits per heavy atom. The average Bonchev–Trinajstić information content (AvgIpc) is 2.56. The predicted octanol–water partition coefficient (Wildman–Crippen LogP) is 3.34. The smallest absolute Gasteiger partial charge is 0.261 e. The Hall–Kier alpha value is -2.92. The summed E-state index contributed by atoms with van der Waals surface area (Å²) >= 11 is 5.85. The van der Waals surface area contributed by atoms with Crippen LogP contribution in [0.25, 0.3) is 11.3 Å². The van der Waals surface area contributed by atoms with Crippen molar-refractivity contribution in [3.05, 3.63) is 81.9 Å². The third kappa shape index (κ3) is 3.30. The van der Waals surface area contributed by atoms with E-state index in [2.05, 4.69) is 15.3 Å². The highest BCUT2D eigenvalue weighted by molar-refractivity contribution is 6.30. The summed E-state index contributed by atoms with van der Waals surface area (Å²) in [6.07, 6.45) is 3.02. The Labute approximate surface area is 137 Å². The highest BCUT2D eigenvalue weighted by Crippen LogP contribution is 2.27. The van der Waals surface area contributed by atoms with E-state index in [1.807, 2.05) is 12.1 Å². The second kappa shape index (κ2) is 6.46. The van der Waals surface area contributed by atoms with Gasteiger partial charge in [-0.05, 0) is 30.3 Å². The third-order valence-electron chi connectivity index (χ3n) is 3.24. The number of hydrogen-bond acceptors (Lipinski definition) is 3. The van der Waals surface area contributed by atoms with Crippen molar-refractivity contribution in [2.75, 3.05) is 5.32 Å². The molecule has 0 aliphatic rings. The normalized spacial score (nSPS) is 10.3. The van der Waals surface area contributed by atoms with Crippen molar-refractivity contribution in [3.63, 3.8) is 0 Å². The van der Waals surface area contributed by atoms with Gasteiger partial charge in [-0.15, -0.1) is 0 Å². The predicted molar refractivity (Wildman–Crippen MR) is 89.7 cm³/mol. The van der Waals surface area contributed by atoms with Crippen molar-refractivity contribution in [2.24, 2.45) is 0 Å². The second-order valence-electron chi connectivity index (χ2n) is 4.77. The first-order valence-corrected chi connectivity index (χ1v) is 7.23. The van der Waals surface area contributed by atoms with E-state index in [1.54, 1.807) is 30.3 Å². The van der Waals surface area contributed by atoms with Gasteiger partial charge in [0.2, 0.25) is 0 Å². The summed E-state index contributed by atoms with van der Waals surface area (Å²) in [5, 5.41) is 3.28. The van der Waals surface area contributed by atoms with Crippen LogP contribution in [0, 0.1) is 0 Å². The van der Waals surface area contributed by atoms with E-state index in [9.17, 15) is 9.59 Å². The van der Waals surface area contributed by atoms with Crippen LogP contribution < -0.4 is 10.9 Å². The molecule has 2 N–H and O–H groups in total. The molecule has 0 atom stereocenters. The second-order valence-corrected chi connectivity index (χ2v) is 5.21. The first-order chi connectivity index (χ1) is 11.1. The summed E-state index contributed by atoms with van der Waals surface area (Å²) in [4.78, 5) is 30.7. The van der Waals surface area contributed by atoms with Crippen molar-refractivity contribution in [1.82, 2.24) is 9.97 Å². The molecule has 2 aromatic heterocycles. The van der Waals surface area contributed by atoms with E-state index in [1.165, 1.54) is 18.5 Å². The molecule has 0 fully saturated rings. The molecule has 0 radical (unpaired) electrons. The highest BCUT2D eigenvalue weighted by Gasteiger charge is 2.13. The SMILES string of the molecule is O=C(Nc1ccccc1-c1ccc(Cl)cn1)c1ccc[nH]c1=O. The number of nitrogens with one attached hydrogen (secondary N) is 2. The molecule has 2 heterocycles. The molecule has 0 aliphatic carbocycles. The first-order valence-electron chi connectivity index (χ1n) is 6.85. The van der Waals surface area contributed by atoms with Gasteiger partial charge in [-0.3, -0.25) is 14.6 Å². The minimum Gasteiger partial charge on any atom is -0.328 e. The average molecular weight is 326 g/mol. The van der Waals surface area contributed by atoms with Crippen LogP contribution in [-0.4, -0.2) is 15.9 Å². The minimum absolute atomic E-state index is 0.0476. The molecule has 0 saturated heterocycles. The number of amides is 1. The molecule has 23 heavy (non-hydrogen) atoms. The molecule has 5 nitrogen and oxygen atoms in total. The summed E-state index contributed by atoms with van der Waals surface area (Å²) in [5.41, 5.74) is 1.59. The van der Waals surface area contributed by atoms with Gasteiger partial charge in [0.15, 0.2) is 0 Å². The largest absolute Gasteiger partial charge is 0.328 e. The van der Waals surface area contributed by atoms with Crippen LogP contribution in [0.5, 0.6) is 0 Å². The Morgan fingerprint density at radius 3 is 2.65 bits per heavy atom. The first kappa shape index (κ1) is 15.0. The number of carbonyl (C=O) groups excluding carboxylic acids is 1. The molecule has 0 unspecified atom stereocenters. The number of H-pyrrole nitrogens is 1. The summed E-state index contributed by atoms with van der Waals surface area (Å²) in [7, 11) is 0. The fourth-order valence-corrected chi connectivity index (χ4v) is 2.25. The molecule has 0 bridgehead atoms. The number of aromatic amines is 1. The molecular formula is C17H12ClN3O2. The van der Waals surface area contributed by atoms with Gasteiger partial charge in [-0.1, -0.05) is 29.8 Å². The van der Waals surface area contributed by atoms with Gasteiger partial charge < -0.3 is 10.3 Å². The lowest BCUT2D eigenvalue weighted by molar-refractivity contribution is 0.102. The van der Waals surface area contributed by atoms with E-state index in [0.717, 1.165) is 5.56 Å². The number of hydrogen-bond donors (Lipinski definition) is 2. The lowest BCUT2D eigenvalue weighted by Gasteiger charge is -2.10. The van der Waals surface area contributed by atoms with Gasteiger partial charge in [-0.25, -0.2) is 0 Å². The van der Waals surface area contributed by atoms with Crippen LogP contribution >= 0.6 is 11.6 Å². The number of aromatic nitrogens is 2. The van der Waals surface area contributed by atoms with Gasteiger partial charge in [0.25, 0.3) is 11.5 Å². The van der Waals surface area contributed by atoms with E-state index < -0.39 is 11.5 Å². The Kier molecular flexibility index (Phi) is 4.21. The number of halogens is 1. The van der Waals surface area contributed by atoms with Gasteiger partial charge in [0, 0.05) is 18.0 Å². The molecule has 1 amide bonds. The topological polar surface area (TPSA) is 74.8 Å². The lowest BCUT2D eigenvalue weighted by Crippen LogP contribution is -2.22. The van der Waals surface area contributed by atoms with Crippen LogP contribution in [0.2, 0.25) is 5.02 Å². The van der Waals surface area contributed by atoms with Crippen LogP contribution in [-0.2, 0) is 0 Å². The van der Waals surface area contributed by atoms with Crippen molar-refractivity contribution in [1.29, 1.82) is 0 Å². The van der Waals surface area contributed by atoms with E-state index in [-0.39, 0.29) is 5.56 Å². The molecule has 0 aliphatic heterocycles. The number of para-hydroxylation sites is 1. The fourth-order valence-electron chi connectivity index (χ4n) is 2.14. The number of benzene rings is 1. The van der Waals surface area contributed by atoms with Crippen molar-refractivity contribution < 1.29 is 4.79 Å². The van der Waals surface area contributed by atoms with E-state index >= 15 is 0 Å².